The molecule has 0 spiro atoms. The van der Waals surface area contributed by atoms with Gasteiger partial charge in [-0.05, 0) is 25.0 Å². The van der Waals surface area contributed by atoms with Gasteiger partial charge in [0.05, 0.1) is 0 Å². The van der Waals surface area contributed by atoms with Crippen LogP contribution in [0.15, 0.2) is 18.2 Å². The van der Waals surface area contributed by atoms with E-state index in [4.69, 9.17) is 0 Å². The number of nitrogens with zero attached hydrogens (tertiary/aromatic N) is 2. The maximum Gasteiger partial charge on any atom is 0.259 e. The molecule has 2 aliphatic rings. The van der Waals surface area contributed by atoms with E-state index in [-0.39, 0.29) is 0 Å². The van der Waals surface area contributed by atoms with Gasteiger partial charge in [-0.1, -0.05) is 25.3 Å². The van der Waals surface area contributed by atoms with Crippen molar-refractivity contribution < 1.29 is 13.6 Å². The number of halogens is 2. The number of benzene rings is 1. The number of hydrogen-bond acceptors (Lipinski definition) is 2. The molecule has 1 aromatic carbocycles. The van der Waals surface area contributed by atoms with E-state index in [0.29, 0.717) is 19.1 Å². The van der Waals surface area contributed by atoms with Crippen molar-refractivity contribution in [2.75, 3.05) is 26.2 Å². The molecule has 1 aromatic rings. The first kappa shape index (κ1) is 15.4. The van der Waals surface area contributed by atoms with Crippen molar-refractivity contribution in [1.82, 2.24) is 9.80 Å². The summed E-state index contributed by atoms with van der Waals surface area (Å²) < 4.78 is 27.5. The Morgan fingerprint density at radius 3 is 2.14 bits per heavy atom. The SMILES string of the molecule is O=C(c1c(F)cccc1F)N1CCN(C2CCCCC2)CC1. The highest BCUT2D eigenvalue weighted by Crippen LogP contribution is 2.24. The van der Waals surface area contributed by atoms with Crippen molar-refractivity contribution in [2.45, 2.75) is 38.1 Å². The minimum Gasteiger partial charge on any atom is -0.336 e. The molecular weight excluding hydrogens is 286 g/mol. The normalized spacial score (nSPS) is 21.1. The van der Waals surface area contributed by atoms with E-state index in [1.54, 1.807) is 4.90 Å². The van der Waals surface area contributed by atoms with Crippen LogP contribution in [-0.2, 0) is 0 Å². The van der Waals surface area contributed by atoms with Crippen molar-refractivity contribution in [1.29, 1.82) is 0 Å². The fourth-order valence-corrected chi connectivity index (χ4v) is 3.60. The zero-order valence-corrected chi connectivity index (χ0v) is 12.7. The lowest BCUT2D eigenvalue weighted by Crippen LogP contribution is -2.52. The van der Waals surface area contributed by atoms with Gasteiger partial charge in [-0.2, -0.15) is 0 Å². The van der Waals surface area contributed by atoms with Crippen LogP contribution < -0.4 is 0 Å². The number of piperazine rings is 1. The molecule has 1 saturated carbocycles. The Bertz CT molecular complexity index is 515. The Kier molecular flexibility index (Phi) is 4.71. The van der Waals surface area contributed by atoms with Gasteiger partial charge in [0.25, 0.3) is 5.91 Å². The minimum absolute atomic E-state index is 0.423. The lowest BCUT2D eigenvalue weighted by molar-refractivity contribution is 0.0515. The number of amides is 1. The second-order valence-electron chi connectivity index (χ2n) is 6.22. The van der Waals surface area contributed by atoms with Crippen molar-refractivity contribution in [3.63, 3.8) is 0 Å². The second kappa shape index (κ2) is 6.73. The summed E-state index contributed by atoms with van der Waals surface area (Å²) in [7, 11) is 0. The molecule has 0 aromatic heterocycles. The highest BCUT2D eigenvalue weighted by Gasteiger charge is 2.29. The van der Waals surface area contributed by atoms with Crippen molar-refractivity contribution >= 4 is 5.91 Å². The Hall–Kier alpha value is -1.49. The Labute approximate surface area is 129 Å². The highest BCUT2D eigenvalue weighted by molar-refractivity contribution is 5.94. The molecule has 120 valence electrons. The first-order valence-electron chi connectivity index (χ1n) is 8.14. The molecule has 0 unspecified atom stereocenters. The monoisotopic (exact) mass is 308 g/mol. The quantitative estimate of drug-likeness (QED) is 0.838. The van der Waals surface area contributed by atoms with E-state index in [2.05, 4.69) is 4.90 Å². The van der Waals surface area contributed by atoms with Gasteiger partial charge in [0.15, 0.2) is 0 Å². The van der Waals surface area contributed by atoms with Gasteiger partial charge in [-0.3, -0.25) is 9.69 Å². The van der Waals surface area contributed by atoms with E-state index >= 15 is 0 Å². The van der Waals surface area contributed by atoms with Crippen LogP contribution in [-0.4, -0.2) is 47.9 Å². The van der Waals surface area contributed by atoms with Crippen LogP contribution >= 0.6 is 0 Å². The summed E-state index contributed by atoms with van der Waals surface area (Å²) in [6.45, 7) is 2.69. The van der Waals surface area contributed by atoms with Gasteiger partial charge in [-0.15, -0.1) is 0 Å². The molecular formula is C17H22F2N2O. The highest BCUT2D eigenvalue weighted by atomic mass is 19.1. The van der Waals surface area contributed by atoms with Crippen LogP contribution in [0, 0.1) is 11.6 Å². The van der Waals surface area contributed by atoms with Crippen LogP contribution in [0.4, 0.5) is 8.78 Å². The molecule has 0 N–H and O–H groups in total. The average molecular weight is 308 g/mol. The summed E-state index contributed by atoms with van der Waals surface area (Å²) >= 11 is 0. The molecule has 1 heterocycles. The molecule has 0 bridgehead atoms. The van der Waals surface area contributed by atoms with Gasteiger partial charge in [0, 0.05) is 32.2 Å². The van der Waals surface area contributed by atoms with Crippen LogP contribution in [0.1, 0.15) is 42.5 Å². The van der Waals surface area contributed by atoms with Crippen molar-refractivity contribution in [3.05, 3.63) is 35.4 Å². The van der Waals surface area contributed by atoms with E-state index in [1.807, 2.05) is 0 Å². The Morgan fingerprint density at radius 1 is 0.955 bits per heavy atom. The van der Waals surface area contributed by atoms with Crippen molar-refractivity contribution in [2.24, 2.45) is 0 Å². The van der Waals surface area contributed by atoms with Gasteiger partial charge in [0.2, 0.25) is 0 Å². The lowest BCUT2D eigenvalue weighted by Gasteiger charge is -2.40. The van der Waals surface area contributed by atoms with Crippen LogP contribution in [0.25, 0.3) is 0 Å². The molecule has 22 heavy (non-hydrogen) atoms. The van der Waals surface area contributed by atoms with Crippen LogP contribution in [0.2, 0.25) is 0 Å². The molecule has 3 nitrogen and oxygen atoms in total. The molecule has 3 rings (SSSR count). The zero-order valence-electron chi connectivity index (χ0n) is 12.7. The summed E-state index contributed by atoms with van der Waals surface area (Å²) in [5, 5.41) is 0. The number of carbonyl (C=O) groups is 1. The van der Waals surface area contributed by atoms with E-state index in [9.17, 15) is 13.6 Å². The summed E-state index contributed by atoms with van der Waals surface area (Å²) in [5.41, 5.74) is -0.423. The first-order chi connectivity index (χ1) is 10.7. The molecule has 0 radical (unpaired) electrons. The summed E-state index contributed by atoms with van der Waals surface area (Å²) in [4.78, 5) is 16.4. The number of carbonyl (C=O) groups excluding carboxylic acids is 1. The van der Waals surface area contributed by atoms with E-state index in [1.165, 1.54) is 38.2 Å². The van der Waals surface area contributed by atoms with Crippen LogP contribution in [0.5, 0.6) is 0 Å². The second-order valence-corrected chi connectivity index (χ2v) is 6.22. The molecule has 2 fully saturated rings. The molecule has 5 heteroatoms. The molecule has 0 atom stereocenters. The molecule has 1 aliphatic carbocycles. The van der Waals surface area contributed by atoms with E-state index < -0.39 is 23.1 Å². The summed E-state index contributed by atoms with van der Waals surface area (Å²) in [5.74, 6) is -2.08. The average Bonchev–Trinajstić information content (AvgIpc) is 2.55. The zero-order chi connectivity index (χ0) is 15.5. The predicted octanol–water partition coefficient (Wildman–Crippen LogP) is 3.06. The van der Waals surface area contributed by atoms with Crippen LogP contribution in [0.3, 0.4) is 0 Å². The third kappa shape index (κ3) is 3.14. The maximum atomic E-state index is 13.7. The minimum atomic E-state index is -0.778. The predicted molar refractivity (Wildman–Crippen MR) is 80.7 cm³/mol. The molecule has 1 saturated heterocycles. The topological polar surface area (TPSA) is 23.6 Å². The molecule has 1 amide bonds. The van der Waals surface area contributed by atoms with Crippen molar-refractivity contribution in [3.8, 4) is 0 Å². The number of hydrogen-bond donors (Lipinski definition) is 0. The Morgan fingerprint density at radius 2 is 1.55 bits per heavy atom. The Balaban J connectivity index is 1.62. The van der Waals surface area contributed by atoms with Gasteiger partial charge >= 0.3 is 0 Å². The van der Waals surface area contributed by atoms with Gasteiger partial charge in [0.1, 0.15) is 17.2 Å². The number of rotatable bonds is 2. The smallest absolute Gasteiger partial charge is 0.259 e. The third-order valence-electron chi connectivity index (χ3n) is 4.87. The van der Waals surface area contributed by atoms with Gasteiger partial charge in [-0.25, -0.2) is 8.78 Å². The fourth-order valence-electron chi connectivity index (χ4n) is 3.60. The van der Waals surface area contributed by atoms with Gasteiger partial charge < -0.3 is 4.90 Å². The third-order valence-corrected chi connectivity index (χ3v) is 4.87. The first-order valence-corrected chi connectivity index (χ1v) is 8.14. The lowest BCUT2D eigenvalue weighted by atomic mass is 9.94. The van der Waals surface area contributed by atoms with E-state index in [0.717, 1.165) is 25.2 Å². The fraction of sp³-hybridized carbons (Fsp3) is 0.588. The molecule has 1 aliphatic heterocycles. The summed E-state index contributed by atoms with van der Waals surface area (Å²) in [6, 6.07) is 4.17. The maximum absolute atomic E-state index is 13.7. The standard InChI is InChI=1S/C17H22F2N2O/c18-14-7-4-8-15(19)16(14)17(22)21-11-9-20(10-12-21)13-5-2-1-3-6-13/h4,7-8,13H,1-3,5-6,9-12H2. The summed E-state index contributed by atoms with van der Waals surface area (Å²) in [6.07, 6.45) is 6.35. The largest absolute Gasteiger partial charge is 0.336 e.